The number of aromatic nitrogens is 2. The molecule has 2 aromatic carbocycles. The summed E-state index contributed by atoms with van der Waals surface area (Å²) in [5.41, 5.74) is -3.91. The van der Waals surface area contributed by atoms with Crippen molar-refractivity contribution in [3.05, 3.63) is 65.5 Å². The van der Waals surface area contributed by atoms with E-state index in [2.05, 4.69) is 10.1 Å². The number of aliphatic carboxylic acids is 1. The molecule has 3 rings (SSSR count). The van der Waals surface area contributed by atoms with Crippen LogP contribution in [0, 0.1) is 0 Å². The lowest BCUT2D eigenvalue weighted by Crippen LogP contribution is -2.37. The van der Waals surface area contributed by atoms with E-state index in [4.69, 9.17) is 9.26 Å². The van der Waals surface area contributed by atoms with Gasteiger partial charge >= 0.3 is 11.5 Å². The quantitative estimate of drug-likeness (QED) is 0.293. The van der Waals surface area contributed by atoms with Crippen molar-refractivity contribution in [1.82, 2.24) is 10.1 Å². The number of thioether (sulfide) groups is 1. The lowest BCUT2D eigenvalue weighted by Gasteiger charge is -2.22. The van der Waals surface area contributed by atoms with Gasteiger partial charge in [-0.2, -0.15) is 18.2 Å². The molecule has 1 heterocycles. The summed E-state index contributed by atoms with van der Waals surface area (Å²) in [7, 11) is 0. The first-order chi connectivity index (χ1) is 16.8. The van der Waals surface area contributed by atoms with Crippen LogP contribution in [0.4, 0.5) is 19.1 Å². The maximum Gasteiger partial charge on any atom is 0.446 e. The summed E-state index contributed by atoms with van der Waals surface area (Å²) >= 11 is -0.151. The van der Waals surface area contributed by atoms with E-state index in [1.54, 1.807) is 24.3 Å². The highest BCUT2D eigenvalue weighted by Crippen LogP contribution is 2.36. The van der Waals surface area contributed by atoms with E-state index in [0.717, 1.165) is 11.1 Å². The molecule has 0 amide bonds. The standard InChI is InChI=1S/C25H28F3N3O4S/c1-16(2)21-29-23(30-35-21)31(15-18-7-11-20(12-8-18)36-25(26,27)28)14-13-17-5-9-19(10-6-17)34-24(3,4)22(32)33/h5-12,16H,13-15H2,1-4H3,(H,32,33). The Morgan fingerprint density at radius 2 is 1.69 bits per heavy atom. The molecule has 194 valence electrons. The van der Waals surface area contributed by atoms with Gasteiger partial charge in [-0.15, -0.1) is 0 Å². The summed E-state index contributed by atoms with van der Waals surface area (Å²) in [4.78, 5) is 17.8. The van der Waals surface area contributed by atoms with Crippen LogP contribution in [0.1, 0.15) is 50.6 Å². The number of benzene rings is 2. The Kier molecular flexibility index (Phi) is 8.55. The van der Waals surface area contributed by atoms with Gasteiger partial charge in [0.1, 0.15) is 5.75 Å². The number of hydrogen-bond donors (Lipinski definition) is 1. The molecule has 0 aliphatic rings. The minimum atomic E-state index is -4.34. The molecule has 0 bridgehead atoms. The van der Waals surface area contributed by atoms with Crippen molar-refractivity contribution in [2.75, 3.05) is 11.4 Å². The lowest BCUT2D eigenvalue weighted by atomic mass is 10.1. The van der Waals surface area contributed by atoms with E-state index in [1.165, 1.54) is 26.0 Å². The third-order valence-corrected chi connectivity index (χ3v) is 5.96. The molecule has 3 aromatic rings. The predicted molar refractivity (Wildman–Crippen MR) is 130 cm³/mol. The van der Waals surface area contributed by atoms with Gasteiger partial charge in [0.2, 0.25) is 5.89 Å². The second-order valence-electron chi connectivity index (χ2n) is 9.01. The van der Waals surface area contributed by atoms with Gasteiger partial charge in [0.15, 0.2) is 5.60 Å². The van der Waals surface area contributed by atoms with E-state index < -0.39 is 17.1 Å². The van der Waals surface area contributed by atoms with Crippen LogP contribution in [0.25, 0.3) is 0 Å². The Hall–Kier alpha value is -3.21. The molecule has 0 radical (unpaired) electrons. The molecule has 1 N–H and O–H groups in total. The van der Waals surface area contributed by atoms with Crippen LogP contribution < -0.4 is 9.64 Å². The first-order valence-corrected chi connectivity index (χ1v) is 12.1. The summed E-state index contributed by atoms with van der Waals surface area (Å²) in [6.45, 7) is 7.72. The number of halogens is 3. The van der Waals surface area contributed by atoms with E-state index in [9.17, 15) is 23.1 Å². The Labute approximate surface area is 211 Å². The van der Waals surface area contributed by atoms with Crippen molar-refractivity contribution in [2.45, 2.75) is 62.6 Å². The van der Waals surface area contributed by atoms with Gasteiger partial charge in [0.05, 0.1) is 0 Å². The second-order valence-corrected chi connectivity index (χ2v) is 10.2. The van der Waals surface area contributed by atoms with E-state index in [0.29, 0.717) is 37.1 Å². The average Bonchev–Trinajstić information content (AvgIpc) is 3.28. The number of rotatable bonds is 11. The van der Waals surface area contributed by atoms with Crippen molar-refractivity contribution in [3.63, 3.8) is 0 Å². The first kappa shape index (κ1) is 27.4. The monoisotopic (exact) mass is 523 g/mol. The molecule has 0 saturated heterocycles. The second kappa shape index (κ2) is 11.2. The van der Waals surface area contributed by atoms with E-state index in [1.807, 2.05) is 30.9 Å². The van der Waals surface area contributed by atoms with Crippen LogP contribution in [0.3, 0.4) is 0 Å². The Morgan fingerprint density at radius 3 is 2.22 bits per heavy atom. The predicted octanol–water partition coefficient (Wildman–Crippen LogP) is 6.30. The highest BCUT2D eigenvalue weighted by atomic mass is 32.2. The third-order valence-electron chi connectivity index (χ3n) is 5.22. The smallest absolute Gasteiger partial charge is 0.446 e. The van der Waals surface area contributed by atoms with Gasteiger partial charge in [-0.05, 0) is 72.6 Å². The minimum absolute atomic E-state index is 0.0503. The molecule has 11 heteroatoms. The number of carboxylic acids is 1. The third kappa shape index (κ3) is 7.91. The molecule has 0 aliphatic heterocycles. The fraction of sp³-hybridized carbons (Fsp3) is 0.400. The van der Waals surface area contributed by atoms with E-state index in [-0.39, 0.29) is 22.6 Å². The molecular formula is C25H28F3N3O4S. The number of ether oxygens (including phenoxy) is 1. The zero-order valence-electron chi connectivity index (χ0n) is 20.4. The molecule has 0 aliphatic carbocycles. The number of carbonyl (C=O) groups is 1. The van der Waals surface area contributed by atoms with Gasteiger partial charge in [0.25, 0.3) is 5.95 Å². The number of hydrogen-bond acceptors (Lipinski definition) is 7. The molecule has 1 aromatic heterocycles. The molecule has 0 unspecified atom stereocenters. The van der Waals surface area contributed by atoms with Gasteiger partial charge in [-0.25, -0.2) is 4.79 Å². The fourth-order valence-electron chi connectivity index (χ4n) is 3.18. The molecule has 0 spiro atoms. The number of anilines is 1. The zero-order chi connectivity index (χ0) is 26.5. The Bertz CT molecular complexity index is 1150. The maximum absolute atomic E-state index is 12.6. The summed E-state index contributed by atoms with van der Waals surface area (Å²) in [6, 6.07) is 13.3. The largest absolute Gasteiger partial charge is 0.478 e. The molecule has 36 heavy (non-hydrogen) atoms. The van der Waals surface area contributed by atoms with E-state index >= 15 is 0 Å². The highest BCUT2D eigenvalue weighted by molar-refractivity contribution is 8.00. The van der Waals surface area contributed by atoms with Crippen LogP contribution in [-0.4, -0.2) is 38.9 Å². The summed E-state index contributed by atoms with van der Waals surface area (Å²) < 4.78 is 48.8. The van der Waals surface area contributed by atoms with Crippen LogP contribution >= 0.6 is 11.8 Å². The van der Waals surface area contributed by atoms with Gasteiger partial charge < -0.3 is 19.3 Å². The van der Waals surface area contributed by atoms with Gasteiger partial charge in [0, 0.05) is 23.9 Å². The van der Waals surface area contributed by atoms with Gasteiger partial charge in [-0.3, -0.25) is 0 Å². The van der Waals surface area contributed by atoms with Crippen molar-refractivity contribution in [3.8, 4) is 5.75 Å². The van der Waals surface area contributed by atoms with Crippen molar-refractivity contribution >= 4 is 23.7 Å². The number of nitrogens with zero attached hydrogens (tertiary/aromatic N) is 3. The maximum atomic E-state index is 12.6. The van der Waals surface area contributed by atoms with Crippen LogP contribution in [0.2, 0.25) is 0 Å². The van der Waals surface area contributed by atoms with Crippen LogP contribution in [0.15, 0.2) is 57.9 Å². The van der Waals surface area contributed by atoms with Crippen LogP contribution in [-0.2, 0) is 17.8 Å². The molecular weight excluding hydrogens is 495 g/mol. The van der Waals surface area contributed by atoms with Gasteiger partial charge in [-0.1, -0.05) is 38.1 Å². The topological polar surface area (TPSA) is 88.7 Å². The normalized spacial score (nSPS) is 12.1. The SMILES string of the molecule is CC(C)c1nc(N(CCc2ccc(OC(C)(C)C(=O)O)cc2)Cc2ccc(SC(F)(F)F)cc2)no1. The summed E-state index contributed by atoms with van der Waals surface area (Å²) in [5.74, 6) is 0.326. The summed E-state index contributed by atoms with van der Waals surface area (Å²) in [6.07, 6.45) is 0.607. The van der Waals surface area contributed by atoms with Crippen molar-refractivity contribution in [2.24, 2.45) is 0 Å². The molecule has 0 saturated carbocycles. The average molecular weight is 524 g/mol. The molecule has 0 atom stereocenters. The summed E-state index contributed by atoms with van der Waals surface area (Å²) in [5, 5.41) is 13.3. The number of carboxylic acid groups (broad SMARTS) is 1. The van der Waals surface area contributed by atoms with Crippen LogP contribution in [0.5, 0.6) is 5.75 Å². The van der Waals surface area contributed by atoms with Crippen molar-refractivity contribution < 1.29 is 32.3 Å². The Balaban J connectivity index is 1.72. The molecule has 7 nitrogen and oxygen atoms in total. The Morgan fingerprint density at radius 1 is 1.08 bits per heavy atom. The zero-order valence-corrected chi connectivity index (χ0v) is 21.2. The minimum Gasteiger partial charge on any atom is -0.478 e. The molecule has 0 fully saturated rings. The first-order valence-electron chi connectivity index (χ1n) is 11.3. The highest BCUT2D eigenvalue weighted by Gasteiger charge is 2.30. The lowest BCUT2D eigenvalue weighted by molar-refractivity contribution is -0.152. The van der Waals surface area contributed by atoms with Crippen molar-refractivity contribution in [1.29, 1.82) is 0 Å². The fourth-order valence-corrected chi connectivity index (χ4v) is 3.72. The number of alkyl halides is 3.